The molecule has 0 aliphatic heterocycles. The molecule has 0 N–H and O–H groups in total. The molecule has 1 heterocycles. The molecule has 0 radical (unpaired) electrons. The lowest BCUT2D eigenvalue weighted by Crippen LogP contribution is -2.03. The first kappa shape index (κ1) is 12.6. The molecule has 1 aromatic carbocycles. The molecule has 2 rings (SSSR count). The standard InChI is InChI=1S/C14H13NO2S/c1-10-5-7-11(8-6-10)18-13-12(14(16)17-2)4-3-9-15-13/h3-9H,1-2H3. The Labute approximate surface area is 110 Å². The number of carbonyl (C=O) groups excluding carboxylic acids is 1. The Morgan fingerprint density at radius 3 is 2.61 bits per heavy atom. The molecule has 1 aromatic heterocycles. The van der Waals surface area contributed by atoms with Crippen LogP contribution in [0, 0.1) is 6.92 Å². The molecule has 0 bridgehead atoms. The van der Waals surface area contributed by atoms with E-state index in [0.29, 0.717) is 10.6 Å². The van der Waals surface area contributed by atoms with Gasteiger partial charge in [0.2, 0.25) is 0 Å². The molecule has 0 saturated carbocycles. The molecule has 0 amide bonds. The second-order valence-electron chi connectivity index (χ2n) is 3.76. The van der Waals surface area contributed by atoms with E-state index in [0.717, 1.165) is 4.90 Å². The molecule has 92 valence electrons. The van der Waals surface area contributed by atoms with Crippen LogP contribution in [0.25, 0.3) is 0 Å². The highest BCUT2D eigenvalue weighted by atomic mass is 32.2. The zero-order valence-corrected chi connectivity index (χ0v) is 11.0. The third kappa shape index (κ3) is 2.90. The maximum atomic E-state index is 11.6. The summed E-state index contributed by atoms with van der Waals surface area (Å²) in [6.45, 7) is 2.04. The third-order valence-corrected chi connectivity index (χ3v) is 3.44. The van der Waals surface area contributed by atoms with E-state index in [9.17, 15) is 4.79 Å². The van der Waals surface area contributed by atoms with Crippen molar-refractivity contribution in [1.82, 2.24) is 4.98 Å². The van der Waals surface area contributed by atoms with Gasteiger partial charge in [0.05, 0.1) is 12.7 Å². The van der Waals surface area contributed by atoms with E-state index < -0.39 is 0 Å². The summed E-state index contributed by atoms with van der Waals surface area (Å²) < 4.78 is 4.74. The van der Waals surface area contributed by atoms with Crippen LogP contribution in [0.4, 0.5) is 0 Å². The van der Waals surface area contributed by atoms with Crippen molar-refractivity contribution in [3.05, 3.63) is 53.7 Å². The van der Waals surface area contributed by atoms with Gasteiger partial charge in [-0.2, -0.15) is 0 Å². The van der Waals surface area contributed by atoms with Gasteiger partial charge in [0.1, 0.15) is 5.03 Å². The molecule has 0 atom stereocenters. The fourth-order valence-electron chi connectivity index (χ4n) is 1.46. The van der Waals surface area contributed by atoms with Gasteiger partial charge in [0.15, 0.2) is 0 Å². The third-order valence-electron chi connectivity index (χ3n) is 2.41. The minimum absolute atomic E-state index is 0.363. The van der Waals surface area contributed by atoms with Crippen LogP contribution in [-0.4, -0.2) is 18.1 Å². The topological polar surface area (TPSA) is 39.2 Å². The number of nitrogens with zero attached hydrogens (tertiary/aromatic N) is 1. The lowest BCUT2D eigenvalue weighted by Gasteiger charge is -2.06. The molecular formula is C14H13NO2S. The summed E-state index contributed by atoms with van der Waals surface area (Å²) in [6, 6.07) is 11.5. The van der Waals surface area contributed by atoms with Crippen LogP contribution >= 0.6 is 11.8 Å². The Balaban J connectivity index is 2.28. The number of carbonyl (C=O) groups is 1. The van der Waals surface area contributed by atoms with Crippen LogP contribution in [0.1, 0.15) is 15.9 Å². The summed E-state index contributed by atoms with van der Waals surface area (Å²) >= 11 is 1.45. The number of aryl methyl sites for hydroxylation is 1. The molecule has 0 unspecified atom stereocenters. The average molecular weight is 259 g/mol. The number of hydrogen-bond donors (Lipinski definition) is 0. The van der Waals surface area contributed by atoms with Crippen LogP contribution in [0.2, 0.25) is 0 Å². The van der Waals surface area contributed by atoms with Crippen molar-refractivity contribution in [3.8, 4) is 0 Å². The molecule has 0 aliphatic carbocycles. The average Bonchev–Trinajstić information content (AvgIpc) is 2.41. The van der Waals surface area contributed by atoms with Gasteiger partial charge in [0.25, 0.3) is 0 Å². The molecular weight excluding hydrogens is 246 g/mol. The van der Waals surface area contributed by atoms with E-state index in [2.05, 4.69) is 4.98 Å². The summed E-state index contributed by atoms with van der Waals surface area (Å²) in [6.07, 6.45) is 1.67. The van der Waals surface area contributed by atoms with E-state index in [-0.39, 0.29) is 5.97 Å². The number of pyridine rings is 1. The van der Waals surface area contributed by atoms with Crippen LogP contribution in [-0.2, 0) is 4.74 Å². The van der Waals surface area contributed by atoms with Crippen LogP contribution in [0.5, 0.6) is 0 Å². The maximum absolute atomic E-state index is 11.6. The minimum Gasteiger partial charge on any atom is -0.465 e. The van der Waals surface area contributed by atoms with Crippen molar-refractivity contribution in [2.45, 2.75) is 16.8 Å². The van der Waals surface area contributed by atoms with Crippen LogP contribution < -0.4 is 0 Å². The summed E-state index contributed by atoms with van der Waals surface area (Å²) in [5.74, 6) is -0.363. The predicted octanol–water partition coefficient (Wildman–Crippen LogP) is 3.33. The van der Waals surface area contributed by atoms with Gasteiger partial charge in [-0.15, -0.1) is 0 Å². The number of aromatic nitrogens is 1. The van der Waals surface area contributed by atoms with Gasteiger partial charge >= 0.3 is 5.97 Å². The van der Waals surface area contributed by atoms with E-state index in [4.69, 9.17) is 4.74 Å². The minimum atomic E-state index is -0.363. The summed E-state index contributed by atoms with van der Waals surface area (Å²) in [7, 11) is 1.37. The monoisotopic (exact) mass is 259 g/mol. The van der Waals surface area contributed by atoms with Crippen LogP contribution in [0.15, 0.2) is 52.5 Å². The lowest BCUT2D eigenvalue weighted by atomic mass is 10.2. The van der Waals surface area contributed by atoms with E-state index in [1.807, 2.05) is 31.2 Å². The number of methoxy groups -OCH3 is 1. The lowest BCUT2D eigenvalue weighted by molar-refractivity contribution is 0.0596. The second kappa shape index (κ2) is 5.69. The smallest absolute Gasteiger partial charge is 0.340 e. The molecule has 0 aliphatic rings. The highest BCUT2D eigenvalue weighted by Crippen LogP contribution is 2.28. The van der Waals surface area contributed by atoms with Gasteiger partial charge in [-0.05, 0) is 31.2 Å². The molecule has 4 heteroatoms. The molecule has 3 nitrogen and oxygen atoms in total. The van der Waals surface area contributed by atoms with Crippen molar-refractivity contribution < 1.29 is 9.53 Å². The van der Waals surface area contributed by atoms with Gasteiger partial charge in [-0.25, -0.2) is 9.78 Å². The number of esters is 1. The number of hydrogen-bond acceptors (Lipinski definition) is 4. The van der Waals surface area contributed by atoms with Crippen molar-refractivity contribution in [3.63, 3.8) is 0 Å². The number of benzene rings is 1. The van der Waals surface area contributed by atoms with Gasteiger partial charge in [-0.3, -0.25) is 0 Å². The Kier molecular flexibility index (Phi) is 3.99. The number of rotatable bonds is 3. The molecule has 0 fully saturated rings. The molecule has 18 heavy (non-hydrogen) atoms. The quantitative estimate of drug-likeness (QED) is 0.793. The Bertz CT molecular complexity index is 552. The highest BCUT2D eigenvalue weighted by molar-refractivity contribution is 7.99. The van der Waals surface area contributed by atoms with E-state index in [1.54, 1.807) is 18.3 Å². The first-order valence-electron chi connectivity index (χ1n) is 5.48. The largest absolute Gasteiger partial charge is 0.465 e. The first-order chi connectivity index (χ1) is 8.70. The maximum Gasteiger partial charge on any atom is 0.340 e. The van der Waals surface area contributed by atoms with Crippen molar-refractivity contribution >= 4 is 17.7 Å². The van der Waals surface area contributed by atoms with Gasteiger partial charge in [0, 0.05) is 11.1 Å². The second-order valence-corrected chi connectivity index (χ2v) is 4.83. The van der Waals surface area contributed by atoms with Crippen LogP contribution in [0.3, 0.4) is 0 Å². The Morgan fingerprint density at radius 1 is 1.22 bits per heavy atom. The summed E-state index contributed by atoms with van der Waals surface area (Å²) in [5, 5.41) is 0.660. The SMILES string of the molecule is COC(=O)c1cccnc1Sc1ccc(C)cc1. The molecule has 2 aromatic rings. The highest BCUT2D eigenvalue weighted by Gasteiger charge is 2.13. The fraction of sp³-hybridized carbons (Fsp3) is 0.143. The first-order valence-corrected chi connectivity index (χ1v) is 6.30. The van der Waals surface area contributed by atoms with Gasteiger partial charge in [-0.1, -0.05) is 29.5 Å². The fourth-order valence-corrected chi connectivity index (χ4v) is 2.33. The Hall–Kier alpha value is -1.81. The molecule has 0 saturated heterocycles. The Morgan fingerprint density at radius 2 is 1.94 bits per heavy atom. The zero-order chi connectivity index (χ0) is 13.0. The zero-order valence-electron chi connectivity index (χ0n) is 10.2. The van der Waals surface area contributed by atoms with Crippen molar-refractivity contribution in [2.24, 2.45) is 0 Å². The molecule has 0 spiro atoms. The van der Waals surface area contributed by atoms with Crippen molar-refractivity contribution in [1.29, 1.82) is 0 Å². The summed E-state index contributed by atoms with van der Waals surface area (Å²) in [4.78, 5) is 16.9. The van der Waals surface area contributed by atoms with E-state index >= 15 is 0 Å². The number of ether oxygens (including phenoxy) is 1. The van der Waals surface area contributed by atoms with E-state index in [1.165, 1.54) is 24.4 Å². The summed E-state index contributed by atoms with van der Waals surface area (Å²) in [5.41, 5.74) is 1.69. The predicted molar refractivity (Wildman–Crippen MR) is 70.9 cm³/mol. The van der Waals surface area contributed by atoms with Gasteiger partial charge < -0.3 is 4.74 Å². The van der Waals surface area contributed by atoms with Crippen molar-refractivity contribution in [2.75, 3.05) is 7.11 Å². The normalized spacial score (nSPS) is 10.1.